The topological polar surface area (TPSA) is 95.9 Å². The molecule has 2 amide bonds. The monoisotopic (exact) mass is 455 g/mol. The Labute approximate surface area is 193 Å². The Kier molecular flexibility index (Phi) is 6.69. The van der Waals surface area contributed by atoms with E-state index >= 15 is 0 Å². The van der Waals surface area contributed by atoms with Crippen LogP contribution >= 0.6 is 11.6 Å². The van der Waals surface area contributed by atoms with E-state index in [0.29, 0.717) is 57.1 Å². The third-order valence-corrected chi connectivity index (χ3v) is 6.82. The second-order valence-electron chi connectivity index (χ2n) is 8.56. The second-order valence-corrected chi connectivity index (χ2v) is 8.99. The molecule has 1 spiro atoms. The van der Waals surface area contributed by atoms with Crippen molar-refractivity contribution in [1.82, 2.24) is 9.80 Å². The second kappa shape index (κ2) is 9.48. The van der Waals surface area contributed by atoms with Crippen molar-refractivity contribution in [3.8, 4) is 0 Å². The lowest BCUT2D eigenvalue weighted by molar-refractivity contribution is -0.139. The third-order valence-electron chi connectivity index (χ3n) is 6.57. The van der Waals surface area contributed by atoms with Gasteiger partial charge in [0, 0.05) is 36.9 Å². The summed E-state index contributed by atoms with van der Waals surface area (Å²) < 4.78 is 0. The van der Waals surface area contributed by atoms with Crippen LogP contribution in [0.1, 0.15) is 18.4 Å². The number of amides is 2. The zero-order valence-corrected chi connectivity index (χ0v) is 18.9. The number of nitrogens with zero attached hydrogens (tertiary/aromatic N) is 3. The number of anilines is 1. The van der Waals surface area contributed by atoms with E-state index < -0.39 is 11.6 Å². The van der Waals surface area contributed by atoms with Crippen LogP contribution in [0, 0.1) is 0 Å². The molecule has 4 N–H and O–H groups in total. The Hall–Kier alpha value is -2.61. The van der Waals surface area contributed by atoms with Gasteiger partial charge < -0.3 is 26.2 Å². The van der Waals surface area contributed by atoms with Gasteiger partial charge in [-0.1, -0.05) is 41.9 Å². The molecule has 2 heterocycles. The lowest BCUT2D eigenvalue weighted by Crippen LogP contribution is -2.59. The highest BCUT2D eigenvalue weighted by atomic mass is 35.5. The number of piperidine rings is 1. The minimum absolute atomic E-state index is 0.0784. The number of carbonyl (C=O) groups excluding carboxylic acids is 2. The first-order chi connectivity index (χ1) is 15.4. The molecule has 2 aromatic carbocycles. The summed E-state index contributed by atoms with van der Waals surface area (Å²) in [5, 5.41) is 0.655. The molecule has 32 heavy (non-hydrogen) atoms. The van der Waals surface area contributed by atoms with Crippen molar-refractivity contribution in [3.63, 3.8) is 0 Å². The third kappa shape index (κ3) is 4.33. The van der Waals surface area contributed by atoms with Crippen molar-refractivity contribution in [2.24, 2.45) is 11.5 Å². The average Bonchev–Trinajstić information content (AvgIpc) is 3.07. The predicted octanol–water partition coefficient (Wildman–Crippen LogP) is 1.84. The van der Waals surface area contributed by atoms with Crippen molar-refractivity contribution >= 4 is 29.1 Å². The van der Waals surface area contributed by atoms with E-state index in [-0.39, 0.29) is 11.8 Å². The molecule has 7 nitrogen and oxygen atoms in total. The summed E-state index contributed by atoms with van der Waals surface area (Å²) in [5.74, 6) is 0.0229. The van der Waals surface area contributed by atoms with E-state index in [1.54, 1.807) is 17.0 Å². The number of nitrogens with two attached hydrogens (primary N) is 2. The molecule has 0 radical (unpaired) electrons. The van der Waals surface area contributed by atoms with E-state index in [2.05, 4.69) is 4.90 Å². The normalized spacial score (nSPS) is 19.0. The molecule has 4 rings (SSSR count). The van der Waals surface area contributed by atoms with Gasteiger partial charge in [-0.2, -0.15) is 0 Å². The van der Waals surface area contributed by atoms with Crippen molar-refractivity contribution in [2.75, 3.05) is 37.7 Å². The van der Waals surface area contributed by atoms with Gasteiger partial charge in [0.2, 0.25) is 11.8 Å². The number of likely N-dealkylation sites (tertiary alicyclic amines) is 1. The van der Waals surface area contributed by atoms with Crippen LogP contribution in [-0.2, 0) is 16.0 Å². The summed E-state index contributed by atoms with van der Waals surface area (Å²) >= 11 is 5.94. The molecule has 170 valence electrons. The molecule has 0 saturated carbocycles. The molecule has 2 aliphatic heterocycles. The van der Waals surface area contributed by atoms with Crippen LogP contribution in [0.3, 0.4) is 0 Å². The Bertz CT molecular complexity index is 945. The predicted molar refractivity (Wildman–Crippen MR) is 126 cm³/mol. The van der Waals surface area contributed by atoms with Crippen molar-refractivity contribution in [2.45, 2.75) is 30.8 Å². The minimum atomic E-state index is -0.645. The van der Waals surface area contributed by atoms with Crippen LogP contribution < -0.4 is 16.4 Å². The molecule has 2 aromatic rings. The summed E-state index contributed by atoms with van der Waals surface area (Å²) in [6.45, 7) is 2.47. The van der Waals surface area contributed by atoms with Gasteiger partial charge in [-0.15, -0.1) is 0 Å². The summed E-state index contributed by atoms with van der Waals surface area (Å²) in [5.41, 5.74) is 13.3. The van der Waals surface area contributed by atoms with Gasteiger partial charge >= 0.3 is 0 Å². The molecular formula is C24H30ClN5O2. The van der Waals surface area contributed by atoms with Gasteiger partial charge in [-0.3, -0.25) is 9.59 Å². The number of benzene rings is 2. The molecule has 0 unspecified atom stereocenters. The van der Waals surface area contributed by atoms with Gasteiger partial charge in [0.1, 0.15) is 5.54 Å². The molecule has 0 bridgehead atoms. The number of hydrogen-bond acceptors (Lipinski definition) is 5. The molecule has 1 atom stereocenters. The summed E-state index contributed by atoms with van der Waals surface area (Å²) in [7, 11) is 0. The van der Waals surface area contributed by atoms with Crippen molar-refractivity contribution < 1.29 is 9.59 Å². The molecule has 0 aliphatic carbocycles. The largest absolute Gasteiger partial charge is 0.341 e. The fourth-order valence-electron chi connectivity index (χ4n) is 4.82. The zero-order valence-electron chi connectivity index (χ0n) is 18.1. The van der Waals surface area contributed by atoms with Gasteiger partial charge in [0.05, 0.1) is 12.7 Å². The number of para-hydroxylation sites is 1. The Morgan fingerprint density at radius 3 is 2.34 bits per heavy atom. The van der Waals surface area contributed by atoms with Gasteiger partial charge in [-0.25, -0.2) is 0 Å². The van der Waals surface area contributed by atoms with Crippen LogP contribution in [0.15, 0.2) is 54.6 Å². The highest BCUT2D eigenvalue weighted by Crippen LogP contribution is 2.39. The zero-order chi connectivity index (χ0) is 22.7. The van der Waals surface area contributed by atoms with Gasteiger partial charge in [0.25, 0.3) is 0 Å². The Balaban J connectivity index is 1.46. The molecule has 8 heteroatoms. The maximum atomic E-state index is 13.4. The Morgan fingerprint density at radius 1 is 1.06 bits per heavy atom. The Morgan fingerprint density at radius 2 is 1.72 bits per heavy atom. The fraction of sp³-hybridized carbons (Fsp3) is 0.417. The summed E-state index contributed by atoms with van der Waals surface area (Å²) in [4.78, 5) is 32.3. The molecule has 2 aliphatic rings. The average molecular weight is 456 g/mol. The van der Waals surface area contributed by atoms with Gasteiger partial charge in [0.15, 0.2) is 0 Å². The first kappa shape index (κ1) is 22.6. The minimum Gasteiger partial charge on any atom is -0.341 e. The molecule has 2 saturated heterocycles. The first-order valence-electron chi connectivity index (χ1n) is 11.1. The van der Waals surface area contributed by atoms with Crippen LogP contribution in [0.5, 0.6) is 0 Å². The number of halogens is 1. The lowest BCUT2D eigenvalue weighted by Gasteiger charge is -2.43. The van der Waals surface area contributed by atoms with E-state index in [9.17, 15) is 9.59 Å². The summed E-state index contributed by atoms with van der Waals surface area (Å²) in [6, 6.07) is 16.7. The van der Waals surface area contributed by atoms with Crippen LogP contribution in [0.4, 0.5) is 5.69 Å². The van der Waals surface area contributed by atoms with E-state index in [0.717, 1.165) is 11.3 Å². The summed E-state index contributed by atoms with van der Waals surface area (Å²) in [6.07, 6.45) is 1.60. The van der Waals surface area contributed by atoms with E-state index in [1.807, 2.05) is 47.4 Å². The highest BCUT2D eigenvalue weighted by Gasteiger charge is 2.54. The maximum absolute atomic E-state index is 13.4. The number of rotatable bonds is 6. The maximum Gasteiger partial charge on any atom is 0.250 e. The lowest BCUT2D eigenvalue weighted by atomic mass is 9.85. The van der Waals surface area contributed by atoms with Gasteiger partial charge in [-0.05, 0) is 49.1 Å². The first-order valence-corrected chi connectivity index (χ1v) is 11.4. The number of hydrogen-bond donors (Lipinski definition) is 2. The molecular weight excluding hydrogens is 426 g/mol. The highest BCUT2D eigenvalue weighted by molar-refractivity contribution is 6.30. The SMILES string of the molecule is NCCN1CN(c2ccccc2)C2(CCN(C(=O)[C@H](N)Cc3ccc(Cl)cc3)CC2)C1=O. The fourth-order valence-corrected chi connectivity index (χ4v) is 4.95. The quantitative estimate of drug-likeness (QED) is 0.692. The molecule has 0 aromatic heterocycles. The standard InChI is InChI=1S/C24H30ClN5O2/c25-19-8-6-18(7-9-19)16-21(27)22(31)28-13-10-24(11-14-28)23(32)29(15-12-26)17-30(24)20-4-2-1-3-5-20/h1-9,21H,10-17,26-27H2/t21-/m1/s1. The van der Waals surface area contributed by atoms with Crippen molar-refractivity contribution in [3.05, 3.63) is 65.2 Å². The number of carbonyl (C=O) groups is 2. The van der Waals surface area contributed by atoms with Crippen LogP contribution in [0.25, 0.3) is 0 Å². The molecule has 2 fully saturated rings. The van der Waals surface area contributed by atoms with Crippen LogP contribution in [0.2, 0.25) is 5.02 Å². The van der Waals surface area contributed by atoms with E-state index in [1.165, 1.54) is 0 Å². The smallest absolute Gasteiger partial charge is 0.250 e. The van der Waals surface area contributed by atoms with Crippen molar-refractivity contribution in [1.29, 1.82) is 0 Å². The van der Waals surface area contributed by atoms with Crippen LogP contribution in [-0.4, -0.2) is 66.0 Å². The van der Waals surface area contributed by atoms with E-state index in [4.69, 9.17) is 23.1 Å².